The summed E-state index contributed by atoms with van der Waals surface area (Å²) in [4.78, 5) is 28.2. The van der Waals surface area contributed by atoms with Gasteiger partial charge in [0.05, 0.1) is 0 Å². The average molecular weight is 343 g/mol. The van der Waals surface area contributed by atoms with Gasteiger partial charge in [-0.2, -0.15) is 0 Å². The lowest BCUT2D eigenvalue weighted by Crippen LogP contribution is -2.28. The predicted octanol–water partition coefficient (Wildman–Crippen LogP) is 2.72. The van der Waals surface area contributed by atoms with Crippen molar-refractivity contribution in [2.45, 2.75) is 26.2 Å². The van der Waals surface area contributed by atoms with Gasteiger partial charge in [-0.1, -0.05) is 31.5 Å². The van der Waals surface area contributed by atoms with E-state index in [9.17, 15) is 14.0 Å². The van der Waals surface area contributed by atoms with Crippen LogP contribution >= 0.6 is 0 Å². The van der Waals surface area contributed by atoms with Crippen molar-refractivity contribution >= 4 is 11.8 Å². The lowest BCUT2D eigenvalue weighted by molar-refractivity contribution is 0.0948. The highest BCUT2D eigenvalue weighted by Gasteiger charge is 2.11. The van der Waals surface area contributed by atoms with E-state index in [2.05, 4.69) is 15.6 Å². The molecular weight excluding hydrogens is 321 g/mol. The molecule has 2 rings (SSSR count). The Morgan fingerprint density at radius 3 is 2.60 bits per heavy atom. The molecule has 2 amide bonds. The normalized spacial score (nSPS) is 10.3. The van der Waals surface area contributed by atoms with Crippen LogP contribution in [0.25, 0.3) is 0 Å². The van der Waals surface area contributed by atoms with E-state index in [1.165, 1.54) is 18.3 Å². The van der Waals surface area contributed by atoms with Crippen LogP contribution in [0, 0.1) is 5.82 Å². The summed E-state index contributed by atoms with van der Waals surface area (Å²) in [5.41, 5.74) is 1.11. The molecular formula is C19H22FN3O2. The maximum absolute atomic E-state index is 13.5. The highest BCUT2D eigenvalue weighted by molar-refractivity contribution is 5.98. The van der Waals surface area contributed by atoms with Crippen LogP contribution in [0.1, 0.15) is 46.2 Å². The van der Waals surface area contributed by atoms with Crippen LogP contribution < -0.4 is 10.6 Å². The summed E-state index contributed by atoms with van der Waals surface area (Å²) in [5, 5.41) is 5.49. The lowest BCUT2D eigenvalue weighted by Gasteiger charge is -2.08. The first-order valence-electron chi connectivity index (χ1n) is 8.37. The van der Waals surface area contributed by atoms with Gasteiger partial charge in [-0.15, -0.1) is 0 Å². The topological polar surface area (TPSA) is 71.1 Å². The van der Waals surface area contributed by atoms with Crippen molar-refractivity contribution in [3.8, 4) is 0 Å². The van der Waals surface area contributed by atoms with Crippen molar-refractivity contribution < 1.29 is 14.0 Å². The first-order valence-corrected chi connectivity index (χ1v) is 8.37. The van der Waals surface area contributed by atoms with Crippen molar-refractivity contribution in [1.29, 1.82) is 0 Å². The van der Waals surface area contributed by atoms with Crippen molar-refractivity contribution in [3.05, 3.63) is 65.2 Å². The van der Waals surface area contributed by atoms with Crippen LogP contribution in [-0.2, 0) is 6.42 Å². The molecule has 1 aromatic heterocycles. The van der Waals surface area contributed by atoms with Crippen LogP contribution in [0.2, 0.25) is 0 Å². The predicted molar refractivity (Wildman–Crippen MR) is 93.9 cm³/mol. The third kappa shape index (κ3) is 5.67. The van der Waals surface area contributed by atoms with Gasteiger partial charge in [0.15, 0.2) is 0 Å². The number of pyridine rings is 1. The third-order valence-corrected chi connectivity index (χ3v) is 3.71. The van der Waals surface area contributed by atoms with Crippen LogP contribution in [0.15, 0.2) is 42.6 Å². The minimum absolute atomic E-state index is 0.206. The maximum atomic E-state index is 13.5. The molecule has 0 aliphatic heterocycles. The van der Waals surface area contributed by atoms with Gasteiger partial charge >= 0.3 is 0 Å². The summed E-state index contributed by atoms with van der Waals surface area (Å²) in [6, 6.07) is 9.46. The minimum Gasteiger partial charge on any atom is -0.352 e. The number of amides is 2. The maximum Gasteiger partial charge on any atom is 0.269 e. The van der Waals surface area contributed by atoms with Gasteiger partial charge in [0.1, 0.15) is 11.5 Å². The minimum atomic E-state index is -0.318. The molecule has 0 radical (unpaired) electrons. The van der Waals surface area contributed by atoms with Crippen molar-refractivity contribution in [1.82, 2.24) is 15.6 Å². The summed E-state index contributed by atoms with van der Waals surface area (Å²) < 4.78 is 13.5. The van der Waals surface area contributed by atoms with Gasteiger partial charge < -0.3 is 10.6 Å². The Morgan fingerprint density at radius 1 is 1.08 bits per heavy atom. The number of nitrogens with one attached hydrogen (secondary N) is 2. The van der Waals surface area contributed by atoms with Crippen LogP contribution in [-0.4, -0.2) is 29.9 Å². The summed E-state index contributed by atoms with van der Waals surface area (Å²) >= 11 is 0. The number of hydrogen-bond acceptors (Lipinski definition) is 3. The number of carbonyl (C=O) groups is 2. The number of carbonyl (C=O) groups excluding carboxylic acids is 2. The number of hydrogen-bond donors (Lipinski definition) is 2. The second kappa shape index (κ2) is 9.52. The third-order valence-electron chi connectivity index (χ3n) is 3.71. The van der Waals surface area contributed by atoms with E-state index < -0.39 is 0 Å². The monoisotopic (exact) mass is 343 g/mol. The van der Waals surface area contributed by atoms with Crippen molar-refractivity contribution in [2.24, 2.45) is 0 Å². The molecule has 25 heavy (non-hydrogen) atoms. The van der Waals surface area contributed by atoms with Crippen molar-refractivity contribution in [2.75, 3.05) is 13.1 Å². The smallest absolute Gasteiger partial charge is 0.269 e. The number of benzene rings is 1. The summed E-state index contributed by atoms with van der Waals surface area (Å²) in [6.45, 7) is 2.92. The zero-order valence-electron chi connectivity index (χ0n) is 14.2. The molecule has 0 spiro atoms. The molecule has 0 saturated carbocycles. The molecule has 0 fully saturated rings. The summed E-state index contributed by atoms with van der Waals surface area (Å²) in [7, 11) is 0. The molecule has 0 atom stereocenters. The zero-order valence-corrected chi connectivity index (χ0v) is 14.2. The van der Waals surface area contributed by atoms with Crippen LogP contribution in [0.4, 0.5) is 4.39 Å². The first-order chi connectivity index (χ1) is 12.1. The molecule has 0 bridgehead atoms. The number of rotatable bonds is 8. The fourth-order valence-electron chi connectivity index (χ4n) is 2.28. The molecule has 1 heterocycles. The highest BCUT2D eigenvalue weighted by Crippen LogP contribution is 2.07. The number of aromatic nitrogens is 1. The Hall–Kier alpha value is -2.76. The Morgan fingerprint density at radius 2 is 1.84 bits per heavy atom. The molecule has 0 aliphatic carbocycles. The molecule has 0 saturated heterocycles. The fraction of sp³-hybridized carbons (Fsp3) is 0.316. The molecule has 0 aliphatic rings. The second-order valence-electron chi connectivity index (χ2n) is 5.64. The molecule has 132 valence electrons. The van der Waals surface area contributed by atoms with E-state index in [1.54, 1.807) is 24.3 Å². The SMILES string of the molecule is CCCCNC(=O)c1cc(C(=O)NCCc2ccccc2F)ccn1. The molecule has 2 aromatic rings. The quantitative estimate of drug-likeness (QED) is 0.724. The average Bonchev–Trinajstić information content (AvgIpc) is 2.63. The van der Waals surface area contributed by atoms with E-state index in [-0.39, 0.29) is 23.3 Å². The first kappa shape index (κ1) is 18.6. The molecule has 0 unspecified atom stereocenters. The van der Waals surface area contributed by atoms with E-state index in [0.717, 1.165) is 12.8 Å². The Labute approximate surface area is 146 Å². The summed E-state index contributed by atoms with van der Waals surface area (Å²) in [6.07, 6.45) is 3.70. The highest BCUT2D eigenvalue weighted by atomic mass is 19.1. The van der Waals surface area contributed by atoms with E-state index >= 15 is 0 Å². The van der Waals surface area contributed by atoms with Gasteiger partial charge in [-0.3, -0.25) is 14.6 Å². The summed E-state index contributed by atoms with van der Waals surface area (Å²) in [5.74, 6) is -0.900. The fourth-order valence-corrected chi connectivity index (χ4v) is 2.28. The van der Waals surface area contributed by atoms with Gasteiger partial charge in [0.25, 0.3) is 11.8 Å². The van der Waals surface area contributed by atoms with Crippen molar-refractivity contribution in [3.63, 3.8) is 0 Å². The Bertz CT molecular complexity index is 734. The van der Waals surface area contributed by atoms with E-state index in [4.69, 9.17) is 0 Å². The van der Waals surface area contributed by atoms with Crippen LogP contribution in [0.5, 0.6) is 0 Å². The Kier molecular flexibility index (Phi) is 7.07. The lowest BCUT2D eigenvalue weighted by atomic mass is 10.1. The standard InChI is InChI=1S/C19H22FN3O2/c1-2-3-10-22-19(25)17-13-15(9-11-21-17)18(24)23-12-8-14-6-4-5-7-16(14)20/h4-7,9,11,13H,2-3,8,10,12H2,1H3,(H,22,25)(H,23,24). The van der Waals surface area contributed by atoms with Gasteiger partial charge in [0.2, 0.25) is 0 Å². The van der Waals surface area contributed by atoms with Gasteiger partial charge in [-0.25, -0.2) is 4.39 Å². The molecule has 2 N–H and O–H groups in total. The molecule has 6 heteroatoms. The van der Waals surface area contributed by atoms with E-state index in [1.807, 2.05) is 6.92 Å². The molecule has 1 aromatic carbocycles. The van der Waals surface area contributed by atoms with Gasteiger partial charge in [-0.05, 0) is 36.6 Å². The van der Waals surface area contributed by atoms with Gasteiger partial charge in [0, 0.05) is 24.8 Å². The van der Waals surface area contributed by atoms with Crippen LogP contribution in [0.3, 0.4) is 0 Å². The number of nitrogens with zero attached hydrogens (tertiary/aromatic N) is 1. The number of unbranched alkanes of at least 4 members (excludes halogenated alkanes) is 1. The number of halogens is 1. The second-order valence-corrected chi connectivity index (χ2v) is 5.64. The Balaban J connectivity index is 1.90. The zero-order chi connectivity index (χ0) is 18.1. The molecule has 5 nitrogen and oxygen atoms in total. The van der Waals surface area contributed by atoms with E-state index in [0.29, 0.717) is 30.6 Å². The largest absolute Gasteiger partial charge is 0.352 e.